The summed E-state index contributed by atoms with van der Waals surface area (Å²) < 4.78 is 1.26. The molecule has 1 aliphatic rings. The van der Waals surface area contributed by atoms with Gasteiger partial charge in [0.1, 0.15) is 0 Å². The normalized spacial score (nSPS) is 21.0. The number of unbranched alkanes of at least 4 members (excludes halogenated alkanes) is 1. The van der Waals surface area contributed by atoms with E-state index in [2.05, 4.69) is 35.4 Å². The van der Waals surface area contributed by atoms with Crippen LogP contribution >= 0.6 is 11.3 Å². The van der Waals surface area contributed by atoms with Crippen molar-refractivity contribution in [3.8, 4) is 0 Å². The van der Waals surface area contributed by atoms with E-state index in [4.69, 9.17) is 0 Å². The largest absolute Gasteiger partial charge is 0.353 e. The van der Waals surface area contributed by atoms with Gasteiger partial charge in [-0.15, -0.1) is 11.3 Å². The van der Waals surface area contributed by atoms with Crippen LogP contribution < -0.4 is 5.32 Å². The Labute approximate surface area is 148 Å². The molecule has 2 aromatic rings. The zero-order chi connectivity index (χ0) is 16.8. The number of aromatic nitrogens is 1. The summed E-state index contributed by atoms with van der Waals surface area (Å²) in [4.78, 5) is 16.7. The van der Waals surface area contributed by atoms with Crippen LogP contribution in [0.2, 0.25) is 0 Å². The number of amides is 1. The number of rotatable bonds is 7. The van der Waals surface area contributed by atoms with Crippen molar-refractivity contribution in [2.75, 3.05) is 0 Å². The van der Waals surface area contributed by atoms with Crippen LogP contribution in [0, 0.1) is 5.92 Å². The molecule has 1 heterocycles. The standard InChI is InChI=1S/C20H28N2OS/c1-2-15-11-13-16(14-12-15)21-19(23)9-5-6-10-20-22-17-7-3-4-8-18(17)24-20/h3-4,7-8,15-16H,2,5-6,9-14H2,1H3,(H,21,23). The Morgan fingerprint density at radius 1 is 1.21 bits per heavy atom. The predicted octanol–water partition coefficient (Wildman–Crippen LogP) is 5.09. The zero-order valence-corrected chi connectivity index (χ0v) is 15.4. The van der Waals surface area contributed by atoms with Crippen molar-refractivity contribution in [1.82, 2.24) is 10.3 Å². The number of nitrogens with one attached hydrogen (secondary N) is 1. The van der Waals surface area contributed by atoms with Crippen molar-refractivity contribution in [2.24, 2.45) is 5.92 Å². The molecule has 1 fully saturated rings. The minimum absolute atomic E-state index is 0.235. The summed E-state index contributed by atoms with van der Waals surface area (Å²) in [6, 6.07) is 8.70. The fraction of sp³-hybridized carbons (Fsp3) is 0.600. The molecule has 0 atom stereocenters. The van der Waals surface area contributed by atoms with Gasteiger partial charge >= 0.3 is 0 Å². The Kier molecular flexibility index (Phi) is 6.24. The molecule has 4 heteroatoms. The van der Waals surface area contributed by atoms with E-state index < -0.39 is 0 Å². The SMILES string of the molecule is CCC1CCC(NC(=O)CCCCc2nc3ccccc3s2)CC1. The van der Waals surface area contributed by atoms with Gasteiger partial charge in [0, 0.05) is 12.5 Å². The Balaban J connectivity index is 1.33. The molecule has 0 aliphatic heterocycles. The van der Waals surface area contributed by atoms with E-state index in [1.807, 2.05) is 6.07 Å². The molecule has 1 saturated carbocycles. The number of hydrogen-bond donors (Lipinski definition) is 1. The first-order valence-electron chi connectivity index (χ1n) is 9.38. The van der Waals surface area contributed by atoms with Crippen molar-refractivity contribution in [3.05, 3.63) is 29.3 Å². The van der Waals surface area contributed by atoms with Crippen LogP contribution in [0.1, 0.15) is 63.3 Å². The summed E-state index contributed by atoms with van der Waals surface area (Å²) in [5.74, 6) is 1.12. The van der Waals surface area contributed by atoms with Crippen molar-refractivity contribution in [2.45, 2.75) is 70.8 Å². The highest BCUT2D eigenvalue weighted by molar-refractivity contribution is 7.18. The highest BCUT2D eigenvalue weighted by Gasteiger charge is 2.20. The first-order chi connectivity index (χ1) is 11.7. The molecule has 24 heavy (non-hydrogen) atoms. The third-order valence-electron chi connectivity index (χ3n) is 5.17. The lowest BCUT2D eigenvalue weighted by molar-refractivity contribution is -0.122. The molecule has 3 nitrogen and oxygen atoms in total. The van der Waals surface area contributed by atoms with Crippen molar-refractivity contribution in [1.29, 1.82) is 0 Å². The summed E-state index contributed by atoms with van der Waals surface area (Å²) in [6.45, 7) is 2.27. The molecule has 1 aromatic heterocycles. The maximum atomic E-state index is 12.1. The third kappa shape index (κ3) is 4.79. The molecule has 130 valence electrons. The van der Waals surface area contributed by atoms with Crippen LogP contribution in [0.3, 0.4) is 0 Å². The number of hydrogen-bond acceptors (Lipinski definition) is 3. The van der Waals surface area contributed by atoms with Crippen molar-refractivity contribution < 1.29 is 4.79 Å². The Hall–Kier alpha value is -1.42. The molecule has 0 saturated heterocycles. The monoisotopic (exact) mass is 344 g/mol. The minimum atomic E-state index is 0.235. The summed E-state index contributed by atoms with van der Waals surface area (Å²) >= 11 is 1.78. The van der Waals surface area contributed by atoms with Gasteiger partial charge in [-0.05, 0) is 63.0 Å². The number of para-hydroxylation sites is 1. The van der Waals surface area contributed by atoms with Crippen LogP contribution in [-0.4, -0.2) is 16.9 Å². The Morgan fingerprint density at radius 2 is 2.00 bits per heavy atom. The van der Waals surface area contributed by atoms with Gasteiger partial charge in [-0.25, -0.2) is 4.98 Å². The summed E-state index contributed by atoms with van der Waals surface area (Å²) in [5.41, 5.74) is 1.10. The predicted molar refractivity (Wildman–Crippen MR) is 101 cm³/mol. The van der Waals surface area contributed by atoms with Crippen LogP contribution in [0.4, 0.5) is 0 Å². The quantitative estimate of drug-likeness (QED) is 0.711. The van der Waals surface area contributed by atoms with E-state index in [1.165, 1.54) is 29.0 Å². The van der Waals surface area contributed by atoms with E-state index in [-0.39, 0.29) is 5.91 Å². The van der Waals surface area contributed by atoms with Gasteiger partial charge in [0.2, 0.25) is 5.91 Å². The minimum Gasteiger partial charge on any atom is -0.353 e. The van der Waals surface area contributed by atoms with Crippen molar-refractivity contribution >= 4 is 27.5 Å². The molecule has 1 N–H and O–H groups in total. The average Bonchev–Trinajstić information content (AvgIpc) is 3.02. The van der Waals surface area contributed by atoms with E-state index in [0.717, 1.165) is 43.5 Å². The molecule has 1 amide bonds. The van der Waals surface area contributed by atoms with Gasteiger partial charge in [0.05, 0.1) is 15.2 Å². The van der Waals surface area contributed by atoms with Gasteiger partial charge in [-0.3, -0.25) is 4.79 Å². The number of benzene rings is 1. The van der Waals surface area contributed by atoms with E-state index >= 15 is 0 Å². The molecule has 3 rings (SSSR count). The van der Waals surface area contributed by atoms with Crippen LogP contribution in [-0.2, 0) is 11.2 Å². The third-order valence-corrected chi connectivity index (χ3v) is 6.27. The second-order valence-electron chi connectivity index (χ2n) is 6.98. The summed E-state index contributed by atoms with van der Waals surface area (Å²) in [7, 11) is 0. The maximum Gasteiger partial charge on any atom is 0.220 e. The lowest BCUT2D eigenvalue weighted by atomic mass is 9.84. The highest BCUT2D eigenvalue weighted by Crippen LogP contribution is 2.26. The lowest BCUT2D eigenvalue weighted by Gasteiger charge is -2.28. The molecular formula is C20H28N2OS. The molecule has 0 radical (unpaired) electrons. The van der Waals surface area contributed by atoms with Crippen LogP contribution in [0.25, 0.3) is 10.2 Å². The second kappa shape index (κ2) is 8.61. The van der Waals surface area contributed by atoms with Crippen LogP contribution in [0.15, 0.2) is 24.3 Å². The number of carbonyl (C=O) groups is 1. The average molecular weight is 345 g/mol. The lowest BCUT2D eigenvalue weighted by Crippen LogP contribution is -2.37. The first kappa shape index (κ1) is 17.4. The number of nitrogens with zero attached hydrogens (tertiary/aromatic N) is 1. The van der Waals surface area contributed by atoms with Crippen LogP contribution in [0.5, 0.6) is 0 Å². The van der Waals surface area contributed by atoms with E-state index in [9.17, 15) is 4.79 Å². The number of fused-ring (bicyclic) bond motifs is 1. The number of aryl methyl sites for hydroxylation is 1. The fourth-order valence-corrected chi connectivity index (χ4v) is 4.61. The second-order valence-corrected chi connectivity index (χ2v) is 8.09. The Morgan fingerprint density at radius 3 is 2.75 bits per heavy atom. The molecule has 0 spiro atoms. The molecule has 1 aromatic carbocycles. The molecule has 0 unspecified atom stereocenters. The van der Waals surface area contributed by atoms with E-state index in [0.29, 0.717) is 12.5 Å². The molecular weight excluding hydrogens is 316 g/mol. The number of carbonyl (C=O) groups excluding carboxylic acids is 1. The van der Waals surface area contributed by atoms with E-state index in [1.54, 1.807) is 11.3 Å². The smallest absolute Gasteiger partial charge is 0.220 e. The topological polar surface area (TPSA) is 42.0 Å². The summed E-state index contributed by atoms with van der Waals surface area (Å²) in [5, 5.41) is 4.42. The summed E-state index contributed by atoms with van der Waals surface area (Å²) in [6.07, 6.45) is 9.78. The molecule has 0 bridgehead atoms. The van der Waals surface area contributed by atoms with Gasteiger partial charge in [0.15, 0.2) is 0 Å². The maximum absolute atomic E-state index is 12.1. The van der Waals surface area contributed by atoms with Gasteiger partial charge in [-0.1, -0.05) is 25.5 Å². The Bertz CT molecular complexity index is 625. The van der Waals surface area contributed by atoms with Gasteiger partial charge in [0.25, 0.3) is 0 Å². The molecule has 1 aliphatic carbocycles. The van der Waals surface area contributed by atoms with Gasteiger partial charge in [-0.2, -0.15) is 0 Å². The fourth-order valence-electron chi connectivity index (χ4n) is 3.60. The van der Waals surface area contributed by atoms with Gasteiger partial charge < -0.3 is 5.32 Å². The zero-order valence-electron chi connectivity index (χ0n) is 14.6. The first-order valence-corrected chi connectivity index (χ1v) is 10.2. The highest BCUT2D eigenvalue weighted by atomic mass is 32.1. The van der Waals surface area contributed by atoms with Crippen molar-refractivity contribution in [3.63, 3.8) is 0 Å². The number of thiazole rings is 1.